The molecule has 4 heteroatoms. The third-order valence-electron chi connectivity index (χ3n) is 4.82. The van der Waals surface area contributed by atoms with Gasteiger partial charge in [0.2, 0.25) is 0 Å². The van der Waals surface area contributed by atoms with Crippen LogP contribution in [0.3, 0.4) is 0 Å². The molecular formula is C22H19N3S. The van der Waals surface area contributed by atoms with Crippen LogP contribution in [-0.4, -0.2) is 18.1 Å². The monoisotopic (exact) mass is 357 g/mol. The van der Waals surface area contributed by atoms with Gasteiger partial charge in [-0.25, -0.2) is 0 Å². The predicted octanol–water partition coefficient (Wildman–Crippen LogP) is 5.40. The average Bonchev–Trinajstić information content (AvgIpc) is 3.12. The van der Waals surface area contributed by atoms with Crippen LogP contribution in [0.2, 0.25) is 0 Å². The third kappa shape index (κ3) is 2.50. The molecule has 26 heavy (non-hydrogen) atoms. The number of benzene rings is 3. The minimum absolute atomic E-state index is 0.627. The third-order valence-corrected chi connectivity index (χ3v) is 5.93. The second-order valence-electron chi connectivity index (χ2n) is 6.46. The summed E-state index contributed by atoms with van der Waals surface area (Å²) in [5, 5.41) is 1.24. The Labute approximate surface area is 156 Å². The van der Waals surface area contributed by atoms with Crippen molar-refractivity contribution in [3.8, 4) is 11.3 Å². The lowest BCUT2D eigenvalue weighted by Gasteiger charge is -2.32. The molecule has 0 fully saturated rings. The number of rotatable bonds is 3. The summed E-state index contributed by atoms with van der Waals surface area (Å²) in [6, 6.07) is 25.8. The number of nitrogens with one attached hydrogen (secondary N) is 1. The normalized spacial score (nSPS) is 12.9. The molecule has 0 spiro atoms. The molecule has 2 heterocycles. The summed E-state index contributed by atoms with van der Waals surface area (Å²) in [5.74, 6) is 0. The molecule has 3 N–H and O–H groups in total. The van der Waals surface area contributed by atoms with E-state index in [1.54, 1.807) is 0 Å². The first-order valence-corrected chi connectivity index (χ1v) is 9.62. The minimum Gasteiger partial charge on any atom is -0.355 e. The number of para-hydroxylation sites is 2. The van der Waals surface area contributed by atoms with Crippen LogP contribution in [0.4, 0.5) is 11.4 Å². The topological polar surface area (TPSA) is 45.0 Å². The van der Waals surface area contributed by atoms with E-state index >= 15 is 0 Å². The summed E-state index contributed by atoms with van der Waals surface area (Å²) < 4.78 is 0. The van der Waals surface area contributed by atoms with Gasteiger partial charge in [-0.3, -0.25) is 0 Å². The molecule has 0 atom stereocenters. The van der Waals surface area contributed by atoms with E-state index in [9.17, 15) is 0 Å². The molecule has 0 aliphatic carbocycles. The molecule has 0 radical (unpaired) electrons. The van der Waals surface area contributed by atoms with Gasteiger partial charge >= 0.3 is 0 Å². The first kappa shape index (κ1) is 15.6. The van der Waals surface area contributed by atoms with E-state index in [2.05, 4.69) is 82.7 Å². The first-order chi connectivity index (χ1) is 12.8. The van der Waals surface area contributed by atoms with Gasteiger partial charge in [0.15, 0.2) is 0 Å². The van der Waals surface area contributed by atoms with E-state index in [4.69, 9.17) is 5.73 Å². The van der Waals surface area contributed by atoms with Crippen LogP contribution in [0.15, 0.2) is 82.6 Å². The maximum atomic E-state index is 5.88. The van der Waals surface area contributed by atoms with Gasteiger partial charge in [0, 0.05) is 39.5 Å². The van der Waals surface area contributed by atoms with E-state index in [1.165, 1.54) is 37.6 Å². The zero-order valence-electron chi connectivity index (χ0n) is 14.3. The lowest BCUT2D eigenvalue weighted by Crippen LogP contribution is -2.27. The fourth-order valence-corrected chi connectivity index (χ4v) is 4.74. The van der Waals surface area contributed by atoms with Crippen molar-refractivity contribution < 1.29 is 0 Å². The van der Waals surface area contributed by atoms with Crippen LogP contribution in [-0.2, 0) is 0 Å². The summed E-state index contributed by atoms with van der Waals surface area (Å²) in [4.78, 5) is 8.41. The highest BCUT2D eigenvalue weighted by molar-refractivity contribution is 7.99. The van der Waals surface area contributed by atoms with Crippen LogP contribution in [0, 0.1) is 0 Å². The van der Waals surface area contributed by atoms with E-state index in [1.807, 2.05) is 11.8 Å². The van der Waals surface area contributed by atoms with Gasteiger partial charge in [-0.05, 0) is 42.0 Å². The van der Waals surface area contributed by atoms with Gasteiger partial charge in [-0.15, -0.1) is 0 Å². The molecule has 1 aliphatic rings. The Kier molecular flexibility index (Phi) is 3.73. The zero-order chi connectivity index (χ0) is 17.5. The van der Waals surface area contributed by atoms with Gasteiger partial charge in [0.25, 0.3) is 0 Å². The molecule has 0 saturated carbocycles. The van der Waals surface area contributed by atoms with Crippen LogP contribution in [0.25, 0.3) is 22.2 Å². The number of anilines is 2. The number of nitrogens with two attached hydrogens (primary N) is 1. The second kappa shape index (κ2) is 6.24. The minimum atomic E-state index is 0.627. The Bertz CT molecular complexity index is 1070. The number of aromatic nitrogens is 1. The summed E-state index contributed by atoms with van der Waals surface area (Å²) in [6.07, 6.45) is 0. The van der Waals surface area contributed by atoms with Gasteiger partial charge in [-0.2, -0.15) is 0 Å². The highest BCUT2D eigenvalue weighted by Gasteiger charge is 2.23. The molecule has 5 rings (SSSR count). The molecule has 128 valence electrons. The number of H-pyrrole nitrogens is 1. The van der Waals surface area contributed by atoms with Crippen molar-refractivity contribution >= 4 is 34.0 Å². The van der Waals surface area contributed by atoms with Gasteiger partial charge in [-0.1, -0.05) is 48.2 Å². The Morgan fingerprint density at radius 3 is 2.54 bits per heavy atom. The zero-order valence-corrected chi connectivity index (χ0v) is 15.1. The van der Waals surface area contributed by atoms with Gasteiger partial charge in [0.05, 0.1) is 11.4 Å². The van der Waals surface area contributed by atoms with E-state index < -0.39 is 0 Å². The Balaban J connectivity index is 1.61. The Morgan fingerprint density at radius 2 is 1.65 bits per heavy atom. The Hall–Kier alpha value is -2.69. The van der Waals surface area contributed by atoms with Gasteiger partial charge in [0.1, 0.15) is 0 Å². The van der Waals surface area contributed by atoms with E-state index in [-0.39, 0.29) is 0 Å². The van der Waals surface area contributed by atoms with Crippen LogP contribution >= 0.6 is 11.8 Å². The summed E-state index contributed by atoms with van der Waals surface area (Å²) >= 11 is 1.83. The Morgan fingerprint density at radius 1 is 0.846 bits per heavy atom. The molecule has 3 aromatic carbocycles. The quantitative estimate of drug-likeness (QED) is 0.516. The van der Waals surface area contributed by atoms with Crippen LogP contribution in [0.5, 0.6) is 0 Å². The SMILES string of the molecule is NCCN1c2ccccc2Sc2cc(-c3cc4ccccc4[nH]3)ccc21. The lowest BCUT2D eigenvalue weighted by atomic mass is 10.1. The van der Waals surface area contributed by atoms with Crippen molar-refractivity contribution in [3.05, 3.63) is 72.8 Å². The van der Waals surface area contributed by atoms with Crippen molar-refractivity contribution in [2.24, 2.45) is 5.73 Å². The molecule has 0 saturated heterocycles. The van der Waals surface area contributed by atoms with Crippen molar-refractivity contribution in [1.82, 2.24) is 4.98 Å². The molecule has 1 aromatic heterocycles. The van der Waals surface area contributed by atoms with Gasteiger partial charge < -0.3 is 15.6 Å². The van der Waals surface area contributed by atoms with Crippen molar-refractivity contribution in [3.63, 3.8) is 0 Å². The smallest absolute Gasteiger partial charge is 0.0553 e. The molecule has 4 aromatic rings. The average molecular weight is 357 g/mol. The first-order valence-electron chi connectivity index (χ1n) is 8.80. The van der Waals surface area contributed by atoms with E-state index in [0.717, 1.165) is 12.2 Å². The summed E-state index contributed by atoms with van der Waals surface area (Å²) in [7, 11) is 0. The number of hydrogen-bond donors (Lipinski definition) is 2. The van der Waals surface area contributed by atoms with E-state index in [0.29, 0.717) is 6.54 Å². The number of aromatic amines is 1. The molecule has 1 aliphatic heterocycles. The number of fused-ring (bicyclic) bond motifs is 3. The standard InChI is InChI=1S/C22H19N3S/c23-11-12-25-19-7-3-4-8-21(19)26-22-14-16(9-10-20(22)25)18-13-15-5-1-2-6-17(15)24-18/h1-10,13-14,24H,11-12,23H2. The molecular weight excluding hydrogens is 338 g/mol. The molecule has 3 nitrogen and oxygen atoms in total. The highest BCUT2D eigenvalue weighted by Crippen LogP contribution is 2.48. The van der Waals surface area contributed by atoms with Crippen molar-refractivity contribution in [2.75, 3.05) is 18.0 Å². The highest BCUT2D eigenvalue weighted by atomic mass is 32.2. The lowest BCUT2D eigenvalue weighted by molar-refractivity contribution is 0.899. The summed E-state index contributed by atoms with van der Waals surface area (Å²) in [6.45, 7) is 1.44. The molecule has 0 unspecified atom stereocenters. The predicted molar refractivity (Wildman–Crippen MR) is 110 cm³/mol. The van der Waals surface area contributed by atoms with Crippen LogP contribution < -0.4 is 10.6 Å². The second-order valence-corrected chi connectivity index (χ2v) is 7.55. The molecule has 0 bridgehead atoms. The molecule has 0 amide bonds. The maximum absolute atomic E-state index is 5.88. The number of hydrogen-bond acceptors (Lipinski definition) is 3. The number of nitrogens with zero attached hydrogens (tertiary/aromatic N) is 1. The van der Waals surface area contributed by atoms with Crippen LogP contribution in [0.1, 0.15) is 0 Å². The summed E-state index contributed by atoms with van der Waals surface area (Å²) in [5.41, 5.74) is 11.9. The maximum Gasteiger partial charge on any atom is 0.0553 e. The van der Waals surface area contributed by atoms with Crippen molar-refractivity contribution in [2.45, 2.75) is 9.79 Å². The van der Waals surface area contributed by atoms with Crippen molar-refractivity contribution in [1.29, 1.82) is 0 Å². The fourth-order valence-electron chi connectivity index (χ4n) is 3.60. The fraction of sp³-hybridized carbons (Fsp3) is 0.0909. The largest absolute Gasteiger partial charge is 0.355 e.